The molecule has 0 saturated heterocycles. The molecule has 1 fully saturated rings. The molecule has 1 amide bonds. The van der Waals surface area contributed by atoms with Gasteiger partial charge < -0.3 is 34.1 Å². The van der Waals surface area contributed by atoms with E-state index in [1.165, 1.54) is 43.2 Å². The highest BCUT2D eigenvalue weighted by Gasteiger charge is 2.31. The quantitative estimate of drug-likeness (QED) is 0.0453. The van der Waals surface area contributed by atoms with Gasteiger partial charge >= 0.3 is 12.2 Å². The molecule has 5 aromatic rings. The summed E-state index contributed by atoms with van der Waals surface area (Å²) in [5, 5.41) is 25.3. The average Bonchev–Trinajstić information content (AvgIpc) is 3.64. The second kappa shape index (κ2) is 19.1. The molecule has 3 aromatic carbocycles. The minimum Gasteiger partial charge on any atom is -0.497 e. The minimum absolute atomic E-state index is 0.0782. The van der Waals surface area contributed by atoms with Gasteiger partial charge in [0.05, 0.1) is 19.6 Å². The van der Waals surface area contributed by atoms with Crippen LogP contribution in [0, 0.1) is 24.1 Å². The van der Waals surface area contributed by atoms with Crippen molar-refractivity contribution in [2.75, 3.05) is 20.3 Å². The molecule has 2 unspecified atom stereocenters. The molecule has 1 aliphatic carbocycles. The van der Waals surface area contributed by atoms with Gasteiger partial charge in [0, 0.05) is 42.1 Å². The van der Waals surface area contributed by atoms with E-state index in [9.17, 15) is 14.7 Å². The summed E-state index contributed by atoms with van der Waals surface area (Å²) in [6.07, 6.45) is 4.53. The van der Waals surface area contributed by atoms with Crippen LogP contribution in [0.5, 0.6) is 17.5 Å². The standard InChI is InChI=1S/C42H46FN7O8/c1-25-10-14-30(15-11-25)39(52)47-37(44)29-16-12-28(13-17-29)22-33(32-23-31(54-4)24-35(36(32)43)55-21-20-51)38-48-41(50(49-38)40-45-18-7-19-46-40)56-27(3)57-42(53)58-34-9-6-5-8-26(34)2/h7,10-19,23-24,26-27,33-34,51H,5-6,8-9,20-22H2,1-4H3,(H2,44,47,52)/t26-,27?,33?,34-/m1/s1. The summed E-state index contributed by atoms with van der Waals surface area (Å²) >= 11 is 0. The lowest BCUT2D eigenvalue weighted by atomic mass is 9.88. The van der Waals surface area contributed by atoms with Crippen molar-refractivity contribution in [1.82, 2.24) is 30.0 Å². The van der Waals surface area contributed by atoms with Crippen molar-refractivity contribution >= 4 is 17.9 Å². The largest absolute Gasteiger partial charge is 0.511 e. The Hall–Kier alpha value is -6.42. The molecule has 304 valence electrons. The maximum Gasteiger partial charge on any atom is 0.511 e. The first-order valence-corrected chi connectivity index (χ1v) is 19.0. The summed E-state index contributed by atoms with van der Waals surface area (Å²) < 4.78 is 45.9. The molecule has 6 rings (SSSR count). The van der Waals surface area contributed by atoms with Crippen molar-refractivity contribution in [1.29, 1.82) is 5.41 Å². The number of nitrogens with zero attached hydrogens (tertiary/aromatic N) is 5. The molecular formula is C42H46FN7O8. The van der Waals surface area contributed by atoms with E-state index in [0.29, 0.717) is 16.7 Å². The first-order valence-electron chi connectivity index (χ1n) is 19.0. The van der Waals surface area contributed by atoms with Gasteiger partial charge in [-0.15, -0.1) is 9.78 Å². The van der Waals surface area contributed by atoms with Crippen LogP contribution in [0.25, 0.3) is 5.95 Å². The third-order valence-corrected chi connectivity index (χ3v) is 9.70. The number of halogens is 1. The van der Waals surface area contributed by atoms with Gasteiger partial charge in [0.15, 0.2) is 17.4 Å². The summed E-state index contributed by atoms with van der Waals surface area (Å²) in [4.78, 5) is 38.9. The van der Waals surface area contributed by atoms with E-state index in [4.69, 9.17) is 34.2 Å². The maximum absolute atomic E-state index is 16.5. The lowest BCUT2D eigenvalue weighted by Crippen LogP contribution is -2.31. The summed E-state index contributed by atoms with van der Waals surface area (Å²) in [5.74, 6) is -1.70. The van der Waals surface area contributed by atoms with Gasteiger partial charge in [-0.2, -0.15) is 4.98 Å². The van der Waals surface area contributed by atoms with Gasteiger partial charge in [-0.3, -0.25) is 10.2 Å². The Labute approximate surface area is 335 Å². The second-order valence-corrected chi connectivity index (χ2v) is 13.9. The van der Waals surface area contributed by atoms with E-state index < -0.39 is 30.1 Å². The van der Waals surface area contributed by atoms with E-state index in [2.05, 4.69) is 20.3 Å². The van der Waals surface area contributed by atoms with Crippen LogP contribution in [0.2, 0.25) is 0 Å². The molecule has 4 atom stereocenters. The number of aromatic nitrogens is 5. The van der Waals surface area contributed by atoms with Crippen molar-refractivity contribution in [2.45, 2.75) is 71.2 Å². The number of aliphatic hydroxyl groups excluding tert-OH is 1. The van der Waals surface area contributed by atoms with E-state index in [0.717, 1.165) is 31.2 Å². The molecule has 2 aromatic heterocycles. The first kappa shape index (κ1) is 41.2. The Morgan fingerprint density at radius 1 is 1.03 bits per heavy atom. The number of hydrogen-bond donors (Lipinski definition) is 3. The van der Waals surface area contributed by atoms with Crippen molar-refractivity contribution < 1.29 is 42.8 Å². The molecule has 0 radical (unpaired) electrons. The highest BCUT2D eigenvalue weighted by atomic mass is 19.1. The number of carbonyl (C=O) groups is 2. The van der Waals surface area contributed by atoms with Crippen LogP contribution in [-0.4, -0.2) is 80.5 Å². The van der Waals surface area contributed by atoms with Gasteiger partial charge in [-0.05, 0) is 68.4 Å². The Morgan fingerprint density at radius 2 is 1.74 bits per heavy atom. The number of carbonyl (C=O) groups excluding carboxylic acids is 2. The number of methoxy groups -OCH3 is 1. The fourth-order valence-electron chi connectivity index (χ4n) is 6.56. The monoisotopic (exact) mass is 795 g/mol. The van der Waals surface area contributed by atoms with Crippen molar-refractivity contribution in [3.05, 3.63) is 119 Å². The molecule has 15 nitrogen and oxygen atoms in total. The molecule has 0 bridgehead atoms. The lowest BCUT2D eigenvalue weighted by molar-refractivity contribution is -0.0790. The van der Waals surface area contributed by atoms with Gasteiger partial charge in [-0.1, -0.05) is 55.3 Å². The maximum atomic E-state index is 16.5. The fourth-order valence-corrected chi connectivity index (χ4v) is 6.56. The number of hydrogen-bond acceptors (Lipinski definition) is 13. The van der Waals surface area contributed by atoms with E-state index >= 15 is 4.39 Å². The van der Waals surface area contributed by atoms with Crippen LogP contribution in [-0.2, 0) is 15.9 Å². The third-order valence-electron chi connectivity index (χ3n) is 9.70. The summed E-state index contributed by atoms with van der Waals surface area (Å²) in [5.41, 5.74) is 2.66. The molecule has 0 spiro atoms. The van der Waals surface area contributed by atoms with E-state index in [1.807, 2.05) is 26.0 Å². The Kier molecular flexibility index (Phi) is 13.6. The van der Waals surface area contributed by atoms with Crippen LogP contribution in [0.3, 0.4) is 0 Å². The lowest BCUT2D eigenvalue weighted by Gasteiger charge is -2.28. The first-order chi connectivity index (χ1) is 28.0. The molecule has 2 heterocycles. The molecule has 16 heteroatoms. The van der Waals surface area contributed by atoms with Crippen LogP contribution < -0.4 is 19.5 Å². The van der Waals surface area contributed by atoms with Crippen LogP contribution in [0.15, 0.2) is 79.1 Å². The van der Waals surface area contributed by atoms with Gasteiger partial charge in [0.2, 0.25) is 6.29 Å². The minimum atomic E-state index is -1.19. The fraction of sp³-hybridized carbons (Fsp3) is 0.357. The van der Waals surface area contributed by atoms with Crippen molar-refractivity contribution in [3.63, 3.8) is 0 Å². The van der Waals surface area contributed by atoms with Crippen molar-refractivity contribution in [2.24, 2.45) is 5.92 Å². The molecule has 58 heavy (non-hydrogen) atoms. The SMILES string of the molecule is COc1cc(OCCO)c(F)c(C(Cc2ccc(C(=N)NC(=O)c3ccc(C)cc3)cc2)c2nc(OC(C)OC(=O)O[C@@H]3CCCC[C@H]3C)n(-c3ncccn3)n2)c1. The topological polar surface area (TPSA) is 193 Å². The molecular weight excluding hydrogens is 750 g/mol. The Morgan fingerprint density at radius 3 is 2.43 bits per heavy atom. The number of aliphatic hydroxyl groups is 1. The summed E-state index contributed by atoms with van der Waals surface area (Å²) in [6.45, 7) is 4.94. The van der Waals surface area contributed by atoms with Gasteiger partial charge in [0.1, 0.15) is 24.3 Å². The zero-order valence-electron chi connectivity index (χ0n) is 32.7. The Bertz CT molecular complexity index is 2180. The van der Waals surface area contributed by atoms with Gasteiger partial charge in [0.25, 0.3) is 11.9 Å². The van der Waals surface area contributed by atoms with Crippen LogP contribution >= 0.6 is 0 Å². The number of nitrogens with one attached hydrogen (secondary N) is 2. The highest BCUT2D eigenvalue weighted by Crippen LogP contribution is 2.37. The zero-order chi connectivity index (χ0) is 41.2. The average molecular weight is 796 g/mol. The number of amides is 1. The number of ether oxygens (including phenoxy) is 5. The number of aryl methyl sites for hydroxylation is 1. The molecule has 0 aliphatic heterocycles. The van der Waals surface area contributed by atoms with Crippen LogP contribution in [0.1, 0.15) is 83.9 Å². The van der Waals surface area contributed by atoms with Crippen molar-refractivity contribution in [3.8, 4) is 23.5 Å². The molecule has 1 saturated carbocycles. The smallest absolute Gasteiger partial charge is 0.497 e. The number of amidine groups is 1. The molecule has 1 aliphatic rings. The summed E-state index contributed by atoms with van der Waals surface area (Å²) in [7, 11) is 1.43. The number of benzene rings is 3. The third kappa shape index (κ3) is 10.3. The summed E-state index contributed by atoms with van der Waals surface area (Å²) in [6, 6.07) is 18.2. The zero-order valence-corrected chi connectivity index (χ0v) is 32.7. The normalized spacial score (nSPS) is 16.1. The highest BCUT2D eigenvalue weighted by molar-refractivity contribution is 6.11. The van der Waals surface area contributed by atoms with E-state index in [1.54, 1.807) is 42.5 Å². The predicted octanol–water partition coefficient (Wildman–Crippen LogP) is 6.47. The van der Waals surface area contributed by atoms with Gasteiger partial charge in [-0.25, -0.2) is 19.2 Å². The predicted molar refractivity (Wildman–Crippen MR) is 209 cm³/mol. The molecule has 3 N–H and O–H groups in total. The van der Waals surface area contributed by atoms with E-state index in [-0.39, 0.29) is 72.3 Å². The van der Waals surface area contributed by atoms with Crippen LogP contribution in [0.4, 0.5) is 9.18 Å². The Balaban J connectivity index is 1.32. The number of rotatable bonds is 15. The second-order valence-electron chi connectivity index (χ2n) is 13.9.